The molecule has 0 aromatic carbocycles. The zero-order valence-corrected chi connectivity index (χ0v) is 12.7. The summed E-state index contributed by atoms with van der Waals surface area (Å²) < 4.78 is 17.6. The molecule has 0 bridgehead atoms. The number of ether oxygens (including phenoxy) is 1. The van der Waals surface area contributed by atoms with Crippen molar-refractivity contribution >= 4 is 16.9 Å². The van der Waals surface area contributed by atoms with Gasteiger partial charge in [0.2, 0.25) is 0 Å². The molecule has 0 N–H and O–H groups in total. The van der Waals surface area contributed by atoms with E-state index in [1.54, 1.807) is 11.1 Å². The van der Waals surface area contributed by atoms with Crippen LogP contribution in [0.4, 0.5) is 4.79 Å². The van der Waals surface area contributed by atoms with Crippen LogP contribution >= 0.6 is 0 Å². The second-order valence-corrected chi connectivity index (χ2v) is 7.36. The molecule has 2 unspecified atom stereocenters. The predicted molar refractivity (Wildman–Crippen MR) is 74.7 cm³/mol. The lowest BCUT2D eigenvalue weighted by atomic mass is 10.2. The third-order valence-electron chi connectivity index (χ3n) is 2.85. The first-order valence-electron chi connectivity index (χ1n) is 6.51. The van der Waals surface area contributed by atoms with Crippen molar-refractivity contribution in [1.29, 1.82) is 0 Å². The first-order chi connectivity index (χ1) is 9.37. The van der Waals surface area contributed by atoms with Crippen molar-refractivity contribution in [2.24, 2.45) is 0 Å². The van der Waals surface area contributed by atoms with Crippen molar-refractivity contribution in [3.63, 3.8) is 0 Å². The number of aromatic nitrogens is 2. The molecule has 0 aliphatic carbocycles. The van der Waals surface area contributed by atoms with Crippen LogP contribution in [0, 0.1) is 0 Å². The highest BCUT2D eigenvalue weighted by Crippen LogP contribution is 2.21. The van der Waals surface area contributed by atoms with E-state index in [0.29, 0.717) is 24.5 Å². The van der Waals surface area contributed by atoms with E-state index in [2.05, 4.69) is 9.97 Å². The number of carbonyl (C=O) groups is 1. The van der Waals surface area contributed by atoms with E-state index in [1.807, 2.05) is 20.8 Å². The van der Waals surface area contributed by atoms with E-state index < -0.39 is 16.4 Å². The molecule has 1 saturated heterocycles. The summed E-state index contributed by atoms with van der Waals surface area (Å²) >= 11 is 0. The molecule has 0 saturated carbocycles. The lowest BCUT2D eigenvalue weighted by Gasteiger charge is -2.24. The van der Waals surface area contributed by atoms with Crippen LogP contribution in [0.1, 0.15) is 27.2 Å². The summed E-state index contributed by atoms with van der Waals surface area (Å²) in [6.45, 7) is 6.48. The van der Waals surface area contributed by atoms with E-state index in [1.165, 1.54) is 12.4 Å². The molecule has 110 valence electrons. The Kier molecular flexibility index (Phi) is 4.37. The molecule has 1 fully saturated rings. The Morgan fingerprint density at radius 3 is 2.80 bits per heavy atom. The van der Waals surface area contributed by atoms with Gasteiger partial charge in [0.05, 0.1) is 22.2 Å². The number of hydrogen-bond acceptors (Lipinski definition) is 5. The predicted octanol–water partition coefficient (Wildman–Crippen LogP) is 1.59. The van der Waals surface area contributed by atoms with Gasteiger partial charge in [-0.25, -0.2) is 9.78 Å². The van der Waals surface area contributed by atoms with E-state index in [9.17, 15) is 9.00 Å². The molecule has 6 nitrogen and oxygen atoms in total. The van der Waals surface area contributed by atoms with E-state index in [0.717, 1.165) is 0 Å². The van der Waals surface area contributed by atoms with Gasteiger partial charge in [0.15, 0.2) is 0 Å². The minimum Gasteiger partial charge on any atom is -0.444 e. The summed E-state index contributed by atoms with van der Waals surface area (Å²) in [5.74, 6) is 0. The van der Waals surface area contributed by atoms with Crippen LogP contribution in [0.25, 0.3) is 0 Å². The van der Waals surface area contributed by atoms with Gasteiger partial charge < -0.3 is 9.64 Å². The molecule has 0 spiro atoms. The zero-order chi connectivity index (χ0) is 14.8. The molecule has 2 rings (SSSR count). The average Bonchev–Trinajstić information content (AvgIpc) is 2.86. The number of carbonyl (C=O) groups excluding carboxylic acids is 1. The minimum absolute atomic E-state index is 0.112. The summed E-state index contributed by atoms with van der Waals surface area (Å²) in [5, 5.41) is 0.350. The molecule has 1 amide bonds. The smallest absolute Gasteiger partial charge is 0.410 e. The lowest BCUT2D eigenvalue weighted by Crippen LogP contribution is -2.36. The molecule has 2 atom stereocenters. The van der Waals surface area contributed by atoms with Crippen molar-refractivity contribution < 1.29 is 13.7 Å². The van der Waals surface area contributed by atoms with Gasteiger partial charge in [-0.3, -0.25) is 9.19 Å². The van der Waals surface area contributed by atoms with E-state index in [-0.39, 0.29) is 11.3 Å². The zero-order valence-electron chi connectivity index (χ0n) is 11.9. The first kappa shape index (κ1) is 14.9. The van der Waals surface area contributed by atoms with Crippen molar-refractivity contribution in [2.45, 2.75) is 43.1 Å². The van der Waals surface area contributed by atoms with Crippen LogP contribution in [0.3, 0.4) is 0 Å². The fourth-order valence-electron chi connectivity index (χ4n) is 1.96. The second-order valence-electron chi connectivity index (χ2n) is 5.68. The molecule has 1 aromatic heterocycles. The van der Waals surface area contributed by atoms with Gasteiger partial charge in [-0.15, -0.1) is 0 Å². The summed E-state index contributed by atoms with van der Waals surface area (Å²) in [7, 11) is -1.24. The Bertz CT molecular complexity index is 501. The van der Waals surface area contributed by atoms with Crippen molar-refractivity contribution in [2.75, 3.05) is 13.1 Å². The Hall–Kier alpha value is -1.50. The van der Waals surface area contributed by atoms with Crippen molar-refractivity contribution in [3.8, 4) is 0 Å². The third-order valence-corrected chi connectivity index (χ3v) is 4.46. The van der Waals surface area contributed by atoms with Crippen LogP contribution in [-0.4, -0.2) is 49.1 Å². The van der Waals surface area contributed by atoms with E-state index in [4.69, 9.17) is 4.74 Å². The highest BCUT2D eigenvalue weighted by molar-refractivity contribution is 7.85. The highest BCUT2D eigenvalue weighted by Gasteiger charge is 2.33. The SMILES string of the molecule is CC(C)(C)OC(=O)N1CCC(S(=O)c2cnccn2)C1. The van der Waals surface area contributed by atoms with Crippen LogP contribution in [-0.2, 0) is 15.5 Å². The van der Waals surface area contributed by atoms with Crippen molar-refractivity contribution in [1.82, 2.24) is 14.9 Å². The minimum atomic E-state index is -1.24. The Morgan fingerprint density at radius 1 is 1.45 bits per heavy atom. The lowest BCUT2D eigenvalue weighted by molar-refractivity contribution is 0.0295. The van der Waals surface area contributed by atoms with Gasteiger partial charge in [-0.05, 0) is 27.2 Å². The molecule has 1 aliphatic heterocycles. The summed E-state index contributed by atoms with van der Waals surface area (Å²) in [5.41, 5.74) is -0.515. The number of nitrogens with zero attached hydrogens (tertiary/aromatic N) is 3. The summed E-state index contributed by atoms with van der Waals surface area (Å²) in [4.78, 5) is 21.5. The highest BCUT2D eigenvalue weighted by atomic mass is 32.2. The number of hydrogen-bond donors (Lipinski definition) is 0. The largest absolute Gasteiger partial charge is 0.444 e. The fourth-order valence-corrected chi connectivity index (χ4v) is 3.26. The maximum atomic E-state index is 12.3. The standard InChI is InChI=1S/C13H19N3O3S/c1-13(2,3)19-12(17)16-7-4-10(9-16)20(18)11-8-14-5-6-15-11/h5-6,8,10H,4,7,9H2,1-3H3. The second kappa shape index (κ2) is 5.87. The molecule has 0 radical (unpaired) electrons. The molecule has 1 aliphatic rings. The Labute approximate surface area is 121 Å². The maximum absolute atomic E-state index is 12.3. The Balaban J connectivity index is 1.96. The summed E-state index contributed by atoms with van der Waals surface area (Å²) in [6, 6.07) is 0. The quantitative estimate of drug-likeness (QED) is 0.829. The average molecular weight is 297 g/mol. The normalized spacial score (nSPS) is 20.8. The van der Waals surface area contributed by atoms with Gasteiger partial charge in [0.1, 0.15) is 10.6 Å². The van der Waals surface area contributed by atoms with E-state index >= 15 is 0 Å². The van der Waals surface area contributed by atoms with Gasteiger partial charge in [0.25, 0.3) is 0 Å². The maximum Gasteiger partial charge on any atom is 0.410 e. The third kappa shape index (κ3) is 3.75. The molecule has 2 heterocycles. The topological polar surface area (TPSA) is 72.4 Å². The van der Waals surface area contributed by atoms with Crippen LogP contribution in [0.2, 0.25) is 0 Å². The van der Waals surface area contributed by atoms with Crippen LogP contribution < -0.4 is 0 Å². The van der Waals surface area contributed by atoms with Gasteiger partial charge >= 0.3 is 6.09 Å². The number of amides is 1. The Morgan fingerprint density at radius 2 is 2.20 bits per heavy atom. The van der Waals surface area contributed by atoms with Crippen LogP contribution in [0.15, 0.2) is 23.6 Å². The van der Waals surface area contributed by atoms with Crippen LogP contribution in [0.5, 0.6) is 0 Å². The number of likely N-dealkylation sites (tertiary alicyclic amines) is 1. The molecule has 20 heavy (non-hydrogen) atoms. The molecular formula is C13H19N3O3S. The van der Waals surface area contributed by atoms with Gasteiger partial charge in [-0.1, -0.05) is 0 Å². The monoisotopic (exact) mass is 297 g/mol. The van der Waals surface area contributed by atoms with Gasteiger partial charge in [-0.2, -0.15) is 0 Å². The van der Waals surface area contributed by atoms with Crippen molar-refractivity contribution in [3.05, 3.63) is 18.6 Å². The molecule has 1 aromatic rings. The summed E-state index contributed by atoms with van der Waals surface area (Å²) in [6.07, 6.45) is 4.90. The number of rotatable bonds is 2. The fraction of sp³-hybridized carbons (Fsp3) is 0.615. The first-order valence-corrected chi connectivity index (χ1v) is 7.72. The molecule has 7 heteroatoms. The molecular weight excluding hydrogens is 278 g/mol. The van der Waals surface area contributed by atoms with Gasteiger partial charge in [0, 0.05) is 25.5 Å².